The second-order valence-corrected chi connectivity index (χ2v) is 3.37. The minimum Gasteiger partial charge on any atom is -0.393 e. The van der Waals surface area contributed by atoms with E-state index >= 15 is 0 Å². The van der Waals surface area contributed by atoms with Gasteiger partial charge in [0.25, 0.3) is 0 Å². The summed E-state index contributed by atoms with van der Waals surface area (Å²) in [5.41, 5.74) is 0. The predicted molar refractivity (Wildman–Crippen MR) is 48.1 cm³/mol. The van der Waals surface area contributed by atoms with E-state index in [0.29, 0.717) is 12.3 Å². The minimum absolute atomic E-state index is 0.187. The van der Waals surface area contributed by atoms with Crippen LogP contribution >= 0.6 is 0 Å². The summed E-state index contributed by atoms with van der Waals surface area (Å²) < 4.78 is 0. The van der Waals surface area contributed by atoms with Crippen molar-refractivity contribution in [2.24, 2.45) is 5.92 Å². The normalized spacial score (nSPS) is 13.0. The molecule has 0 fully saturated rings. The van der Waals surface area contributed by atoms with Crippen molar-refractivity contribution in [3.05, 3.63) is 0 Å². The maximum atomic E-state index is 9.33. The van der Waals surface area contributed by atoms with Crippen molar-refractivity contribution in [2.45, 2.75) is 45.6 Å². The molecule has 1 nitrogen and oxygen atoms in total. The molecular weight excluding hydrogens is 136 g/mol. The molecule has 0 aromatic carbocycles. The Labute approximate surface area is 69.8 Å². The van der Waals surface area contributed by atoms with Gasteiger partial charge in [-0.05, 0) is 25.2 Å². The molecule has 0 heterocycles. The molecule has 1 atom stereocenters. The van der Waals surface area contributed by atoms with Crippen molar-refractivity contribution in [3.63, 3.8) is 0 Å². The monoisotopic (exact) mass is 154 g/mol. The molecule has 1 unspecified atom stereocenters. The fourth-order valence-electron chi connectivity index (χ4n) is 0.920. The topological polar surface area (TPSA) is 20.2 Å². The number of hydrogen-bond acceptors (Lipinski definition) is 1. The van der Waals surface area contributed by atoms with Gasteiger partial charge in [0.2, 0.25) is 0 Å². The summed E-state index contributed by atoms with van der Waals surface area (Å²) in [5.74, 6) is 3.20. The van der Waals surface area contributed by atoms with Gasteiger partial charge in [-0.15, -0.1) is 12.3 Å². The molecule has 0 spiro atoms. The summed E-state index contributed by atoms with van der Waals surface area (Å²) in [6, 6.07) is 0. The molecule has 0 aromatic heterocycles. The second-order valence-electron chi connectivity index (χ2n) is 3.37. The Morgan fingerprint density at radius 1 is 1.27 bits per heavy atom. The highest BCUT2D eigenvalue weighted by atomic mass is 16.3. The number of rotatable bonds is 5. The fourth-order valence-corrected chi connectivity index (χ4v) is 0.920. The lowest BCUT2D eigenvalue weighted by molar-refractivity contribution is 0.149. The lowest BCUT2D eigenvalue weighted by Crippen LogP contribution is -2.07. The quantitative estimate of drug-likeness (QED) is 0.602. The number of terminal acetylenes is 1. The van der Waals surface area contributed by atoms with E-state index < -0.39 is 0 Å². The second kappa shape index (κ2) is 6.24. The van der Waals surface area contributed by atoms with E-state index in [1.54, 1.807) is 0 Å². The highest BCUT2D eigenvalue weighted by molar-refractivity contribution is 4.84. The average molecular weight is 154 g/mol. The van der Waals surface area contributed by atoms with Crippen molar-refractivity contribution in [3.8, 4) is 12.3 Å². The third-order valence-electron chi connectivity index (χ3n) is 1.70. The van der Waals surface area contributed by atoms with E-state index in [9.17, 15) is 5.11 Å². The molecule has 11 heavy (non-hydrogen) atoms. The van der Waals surface area contributed by atoms with Crippen molar-refractivity contribution in [1.82, 2.24) is 0 Å². The van der Waals surface area contributed by atoms with Gasteiger partial charge in [0.05, 0.1) is 6.10 Å². The minimum atomic E-state index is -0.187. The first kappa shape index (κ1) is 10.5. The first-order chi connectivity index (χ1) is 5.16. The van der Waals surface area contributed by atoms with Gasteiger partial charge in [-0.2, -0.15) is 0 Å². The predicted octanol–water partition coefficient (Wildman–Crippen LogP) is 2.20. The van der Waals surface area contributed by atoms with Gasteiger partial charge in [-0.1, -0.05) is 13.8 Å². The number of aliphatic hydroxyl groups is 1. The highest BCUT2D eigenvalue weighted by Crippen LogP contribution is 2.09. The zero-order valence-corrected chi connectivity index (χ0v) is 7.51. The molecule has 0 bridgehead atoms. The Balaban J connectivity index is 3.23. The van der Waals surface area contributed by atoms with Gasteiger partial charge in [0.15, 0.2) is 0 Å². The molecule has 0 aliphatic carbocycles. The standard InChI is InChI=1S/C10H18O/c1-4-5-6-10(11)8-7-9(2)3/h1,9-11H,5-8H2,2-3H3. The fraction of sp³-hybridized carbons (Fsp3) is 0.800. The van der Waals surface area contributed by atoms with Crippen molar-refractivity contribution in [1.29, 1.82) is 0 Å². The number of hydrogen-bond donors (Lipinski definition) is 1. The van der Waals surface area contributed by atoms with Crippen molar-refractivity contribution < 1.29 is 5.11 Å². The van der Waals surface area contributed by atoms with Crippen molar-refractivity contribution >= 4 is 0 Å². The molecule has 0 aliphatic rings. The van der Waals surface area contributed by atoms with Crippen LogP contribution in [-0.2, 0) is 0 Å². The molecule has 0 aromatic rings. The molecule has 1 N–H and O–H groups in total. The van der Waals surface area contributed by atoms with Gasteiger partial charge in [0.1, 0.15) is 0 Å². The van der Waals surface area contributed by atoms with Gasteiger partial charge in [0, 0.05) is 6.42 Å². The van der Waals surface area contributed by atoms with Crippen LogP contribution in [0.1, 0.15) is 39.5 Å². The van der Waals surface area contributed by atoms with E-state index in [2.05, 4.69) is 19.8 Å². The summed E-state index contributed by atoms with van der Waals surface area (Å²) in [6.07, 6.45) is 8.31. The SMILES string of the molecule is C#CCCC(O)CCC(C)C. The summed E-state index contributed by atoms with van der Waals surface area (Å²) in [6.45, 7) is 4.32. The molecular formula is C10H18O. The zero-order valence-electron chi connectivity index (χ0n) is 7.51. The van der Waals surface area contributed by atoms with Crippen LogP contribution in [0, 0.1) is 18.3 Å². The van der Waals surface area contributed by atoms with Gasteiger partial charge >= 0.3 is 0 Å². The maximum Gasteiger partial charge on any atom is 0.0549 e. The third kappa shape index (κ3) is 7.42. The van der Waals surface area contributed by atoms with Crippen LogP contribution in [0.5, 0.6) is 0 Å². The molecule has 0 aliphatic heterocycles. The smallest absolute Gasteiger partial charge is 0.0549 e. The maximum absolute atomic E-state index is 9.33. The lowest BCUT2D eigenvalue weighted by atomic mass is 10.0. The lowest BCUT2D eigenvalue weighted by Gasteiger charge is -2.09. The highest BCUT2D eigenvalue weighted by Gasteiger charge is 2.03. The Kier molecular flexibility index (Phi) is 5.97. The largest absolute Gasteiger partial charge is 0.393 e. The van der Waals surface area contributed by atoms with Gasteiger partial charge in [-0.3, -0.25) is 0 Å². The molecule has 0 amide bonds. The Morgan fingerprint density at radius 3 is 2.36 bits per heavy atom. The van der Waals surface area contributed by atoms with Crippen LogP contribution in [-0.4, -0.2) is 11.2 Å². The molecule has 1 heteroatoms. The van der Waals surface area contributed by atoms with Gasteiger partial charge < -0.3 is 5.11 Å². The van der Waals surface area contributed by atoms with Gasteiger partial charge in [-0.25, -0.2) is 0 Å². The Morgan fingerprint density at radius 2 is 1.91 bits per heavy atom. The van der Waals surface area contributed by atoms with Crippen LogP contribution in [0.25, 0.3) is 0 Å². The van der Waals surface area contributed by atoms with E-state index in [1.807, 2.05) is 0 Å². The van der Waals surface area contributed by atoms with E-state index in [1.165, 1.54) is 0 Å². The first-order valence-electron chi connectivity index (χ1n) is 4.28. The van der Waals surface area contributed by atoms with Crippen LogP contribution in [0.15, 0.2) is 0 Å². The summed E-state index contributed by atoms with van der Waals surface area (Å²) in [4.78, 5) is 0. The Hall–Kier alpha value is -0.480. The third-order valence-corrected chi connectivity index (χ3v) is 1.70. The Bertz CT molecular complexity index is 121. The summed E-state index contributed by atoms with van der Waals surface area (Å²) in [7, 11) is 0. The number of aliphatic hydroxyl groups excluding tert-OH is 1. The van der Waals surface area contributed by atoms with E-state index in [0.717, 1.165) is 19.3 Å². The van der Waals surface area contributed by atoms with Crippen LogP contribution < -0.4 is 0 Å². The first-order valence-corrected chi connectivity index (χ1v) is 4.28. The molecule has 64 valence electrons. The van der Waals surface area contributed by atoms with E-state index in [-0.39, 0.29) is 6.10 Å². The molecule has 0 radical (unpaired) electrons. The average Bonchev–Trinajstić information content (AvgIpc) is 1.97. The van der Waals surface area contributed by atoms with Crippen molar-refractivity contribution in [2.75, 3.05) is 0 Å². The van der Waals surface area contributed by atoms with Crippen LogP contribution in [0.3, 0.4) is 0 Å². The van der Waals surface area contributed by atoms with Crippen LogP contribution in [0.2, 0.25) is 0 Å². The summed E-state index contributed by atoms with van der Waals surface area (Å²) >= 11 is 0. The van der Waals surface area contributed by atoms with E-state index in [4.69, 9.17) is 6.42 Å². The summed E-state index contributed by atoms with van der Waals surface area (Å²) in [5, 5.41) is 9.33. The molecule has 0 saturated carbocycles. The zero-order chi connectivity index (χ0) is 8.69. The molecule has 0 saturated heterocycles. The molecule has 0 rings (SSSR count). The van der Waals surface area contributed by atoms with Crippen LogP contribution in [0.4, 0.5) is 0 Å².